The standard InChI is InChI=1S/C19H25BF2O2/c1-14(11-12-15-9-7-6-8-10-15)16(13-17(21)22)20-23-18(2,3)19(4,5)24-20/h6-10,13H,11-12H2,1-5H3/b16-14+. The summed E-state index contributed by atoms with van der Waals surface area (Å²) in [5, 5.41) is 0. The fraction of sp³-hybridized carbons (Fsp3) is 0.474. The Morgan fingerprint density at radius 2 is 1.58 bits per heavy atom. The summed E-state index contributed by atoms with van der Waals surface area (Å²) in [6.45, 7) is 9.53. The molecule has 0 amide bonds. The maximum Gasteiger partial charge on any atom is 0.494 e. The van der Waals surface area contributed by atoms with Crippen molar-refractivity contribution < 1.29 is 18.1 Å². The smallest absolute Gasteiger partial charge is 0.399 e. The fourth-order valence-corrected chi connectivity index (χ4v) is 2.60. The molecule has 1 saturated heterocycles. The molecule has 0 aromatic heterocycles. The Bertz CT molecular complexity index is 616. The molecular formula is C19H25BF2O2. The van der Waals surface area contributed by atoms with E-state index < -0.39 is 24.4 Å². The van der Waals surface area contributed by atoms with Crippen LogP contribution in [0.1, 0.15) is 46.6 Å². The number of benzene rings is 1. The van der Waals surface area contributed by atoms with Crippen molar-refractivity contribution in [3.05, 3.63) is 59.1 Å². The summed E-state index contributed by atoms with van der Waals surface area (Å²) in [5.41, 5.74) is 1.34. The van der Waals surface area contributed by atoms with Gasteiger partial charge < -0.3 is 9.31 Å². The van der Waals surface area contributed by atoms with E-state index in [1.165, 1.54) is 5.56 Å². The lowest BCUT2D eigenvalue weighted by atomic mass is 9.74. The van der Waals surface area contributed by atoms with Crippen LogP contribution in [0, 0.1) is 0 Å². The lowest BCUT2D eigenvalue weighted by Gasteiger charge is -2.32. The van der Waals surface area contributed by atoms with Crippen LogP contribution in [0.25, 0.3) is 0 Å². The van der Waals surface area contributed by atoms with Gasteiger partial charge in [0.1, 0.15) is 0 Å². The SMILES string of the molecule is C/C(CCc1ccccc1)=C(/C=C(F)F)B1OC(C)(C)C(C)(C)O1. The van der Waals surface area contributed by atoms with Gasteiger partial charge in [-0.1, -0.05) is 35.9 Å². The Balaban J connectivity index is 2.23. The van der Waals surface area contributed by atoms with Gasteiger partial charge in [-0.3, -0.25) is 0 Å². The number of hydrogen-bond donors (Lipinski definition) is 0. The van der Waals surface area contributed by atoms with E-state index in [1.807, 2.05) is 65.0 Å². The summed E-state index contributed by atoms with van der Waals surface area (Å²) in [7, 11) is -0.771. The largest absolute Gasteiger partial charge is 0.494 e. The van der Waals surface area contributed by atoms with Crippen molar-refractivity contribution in [2.24, 2.45) is 0 Å². The summed E-state index contributed by atoms with van der Waals surface area (Å²) in [5.74, 6) is 0. The van der Waals surface area contributed by atoms with Crippen LogP contribution >= 0.6 is 0 Å². The van der Waals surface area contributed by atoms with E-state index in [0.717, 1.165) is 18.1 Å². The predicted octanol–water partition coefficient (Wildman–Crippen LogP) is 5.35. The average molecular weight is 334 g/mol. The molecule has 1 aromatic rings. The van der Waals surface area contributed by atoms with E-state index in [4.69, 9.17) is 9.31 Å². The van der Waals surface area contributed by atoms with Gasteiger partial charge in [0.25, 0.3) is 6.08 Å². The Labute approximate surface area is 143 Å². The van der Waals surface area contributed by atoms with E-state index in [9.17, 15) is 8.78 Å². The van der Waals surface area contributed by atoms with Gasteiger partial charge in [-0.25, -0.2) is 0 Å². The predicted molar refractivity (Wildman–Crippen MR) is 93.8 cm³/mol. The number of rotatable bonds is 5. The van der Waals surface area contributed by atoms with Crippen LogP contribution in [0.2, 0.25) is 0 Å². The van der Waals surface area contributed by atoms with Crippen LogP contribution in [-0.4, -0.2) is 18.3 Å². The summed E-state index contributed by atoms with van der Waals surface area (Å²) < 4.78 is 37.8. The first-order valence-electron chi connectivity index (χ1n) is 8.24. The lowest BCUT2D eigenvalue weighted by molar-refractivity contribution is 0.00578. The molecular weight excluding hydrogens is 309 g/mol. The van der Waals surface area contributed by atoms with Gasteiger partial charge in [0.05, 0.1) is 11.2 Å². The van der Waals surface area contributed by atoms with Gasteiger partial charge in [-0.2, -0.15) is 8.78 Å². The summed E-state index contributed by atoms with van der Waals surface area (Å²) >= 11 is 0. The van der Waals surface area contributed by atoms with Gasteiger partial charge in [0, 0.05) is 6.08 Å². The van der Waals surface area contributed by atoms with Crippen molar-refractivity contribution in [2.75, 3.05) is 0 Å². The molecule has 0 atom stereocenters. The number of hydrogen-bond acceptors (Lipinski definition) is 2. The van der Waals surface area contributed by atoms with Crippen LogP contribution < -0.4 is 0 Å². The minimum atomic E-state index is -1.74. The third kappa shape index (κ3) is 4.34. The molecule has 130 valence electrons. The van der Waals surface area contributed by atoms with Crippen molar-refractivity contribution in [3.8, 4) is 0 Å². The van der Waals surface area contributed by atoms with Gasteiger partial charge >= 0.3 is 7.12 Å². The minimum Gasteiger partial charge on any atom is -0.399 e. The molecule has 1 aromatic carbocycles. The number of aryl methyl sites for hydroxylation is 1. The minimum absolute atomic E-state index is 0.421. The molecule has 0 aliphatic carbocycles. The maximum absolute atomic E-state index is 13.0. The highest BCUT2D eigenvalue weighted by molar-refractivity contribution is 6.55. The van der Waals surface area contributed by atoms with Gasteiger partial charge in [0.2, 0.25) is 0 Å². The first kappa shape index (κ1) is 18.9. The van der Waals surface area contributed by atoms with Crippen molar-refractivity contribution in [1.82, 2.24) is 0 Å². The highest BCUT2D eigenvalue weighted by Crippen LogP contribution is 2.39. The average Bonchev–Trinajstić information content (AvgIpc) is 2.71. The van der Waals surface area contributed by atoms with Gasteiger partial charge in [-0.15, -0.1) is 0 Å². The van der Waals surface area contributed by atoms with E-state index in [1.54, 1.807) is 0 Å². The van der Waals surface area contributed by atoms with E-state index in [2.05, 4.69) is 0 Å². The topological polar surface area (TPSA) is 18.5 Å². The maximum atomic E-state index is 13.0. The molecule has 0 spiro atoms. The molecule has 2 nitrogen and oxygen atoms in total. The first-order chi connectivity index (χ1) is 11.1. The highest BCUT2D eigenvalue weighted by Gasteiger charge is 2.52. The van der Waals surface area contributed by atoms with Crippen molar-refractivity contribution in [2.45, 2.75) is 58.7 Å². The van der Waals surface area contributed by atoms with E-state index in [0.29, 0.717) is 11.9 Å². The molecule has 24 heavy (non-hydrogen) atoms. The normalized spacial score (nSPS) is 19.9. The Morgan fingerprint density at radius 3 is 2.08 bits per heavy atom. The molecule has 0 radical (unpaired) electrons. The molecule has 0 bridgehead atoms. The second-order valence-electron chi connectivity index (χ2n) is 7.24. The molecule has 1 fully saturated rings. The second kappa shape index (κ2) is 7.20. The molecule has 1 heterocycles. The summed E-state index contributed by atoms with van der Waals surface area (Å²) in [4.78, 5) is 0. The molecule has 0 unspecified atom stereocenters. The molecule has 5 heteroatoms. The zero-order valence-corrected chi connectivity index (χ0v) is 15.0. The molecule has 1 aliphatic rings. The first-order valence-corrected chi connectivity index (χ1v) is 8.24. The Kier molecular flexibility index (Phi) is 5.66. The van der Waals surface area contributed by atoms with E-state index >= 15 is 0 Å². The quantitative estimate of drug-likeness (QED) is 0.534. The number of allylic oxidation sites excluding steroid dienone is 3. The molecule has 0 saturated carbocycles. The van der Waals surface area contributed by atoms with Gasteiger partial charge in [-0.05, 0) is 58.5 Å². The van der Waals surface area contributed by atoms with Crippen molar-refractivity contribution in [3.63, 3.8) is 0 Å². The van der Waals surface area contributed by atoms with E-state index in [-0.39, 0.29) is 0 Å². The third-order valence-electron chi connectivity index (χ3n) is 4.90. The fourth-order valence-electron chi connectivity index (χ4n) is 2.60. The molecule has 1 aliphatic heterocycles. The van der Waals surface area contributed by atoms with Crippen molar-refractivity contribution >= 4 is 7.12 Å². The Hall–Kier alpha value is -1.46. The van der Waals surface area contributed by atoms with Crippen molar-refractivity contribution in [1.29, 1.82) is 0 Å². The lowest BCUT2D eigenvalue weighted by Crippen LogP contribution is -2.41. The second-order valence-corrected chi connectivity index (χ2v) is 7.24. The Morgan fingerprint density at radius 1 is 1.04 bits per heavy atom. The third-order valence-corrected chi connectivity index (χ3v) is 4.90. The highest BCUT2D eigenvalue weighted by atomic mass is 19.3. The zero-order chi connectivity index (χ0) is 18.0. The number of halogens is 2. The molecule has 0 N–H and O–H groups in total. The summed E-state index contributed by atoms with van der Waals surface area (Å²) in [6, 6.07) is 9.99. The van der Waals surface area contributed by atoms with Crippen LogP contribution in [-0.2, 0) is 15.7 Å². The van der Waals surface area contributed by atoms with Gasteiger partial charge in [0.15, 0.2) is 0 Å². The van der Waals surface area contributed by atoms with Crippen LogP contribution in [0.5, 0.6) is 0 Å². The summed E-state index contributed by atoms with van der Waals surface area (Å²) in [6.07, 6.45) is 0.603. The van der Waals surface area contributed by atoms with Crippen LogP contribution in [0.15, 0.2) is 53.5 Å². The zero-order valence-electron chi connectivity index (χ0n) is 15.0. The molecule has 2 rings (SSSR count). The monoisotopic (exact) mass is 334 g/mol. The van der Waals surface area contributed by atoms with Crippen LogP contribution in [0.3, 0.4) is 0 Å². The van der Waals surface area contributed by atoms with Crippen LogP contribution in [0.4, 0.5) is 8.78 Å².